The lowest BCUT2D eigenvalue weighted by Gasteiger charge is -2.41. The van der Waals surface area contributed by atoms with E-state index in [0.717, 1.165) is 32.1 Å². The molecule has 9 nitrogen and oxygen atoms in total. The number of carbonyl (C=O) groups excluding carboxylic acids is 2. The standard InChI is InChI=1S/C26H43N3O6/c1-16(2)6-11-21-25(3,35-21)23-20(32-5)12-19(13-26(23)15-33-26)34-24(31)29-18-9-7-17(8-10-18)28-22(30)14-27-4/h6,17-21,23,27H,7-15H2,1-5H3,(H,28,30)(H,29,31)/t17-,18-,19?,20?,21-,23?,25+,26+/m1/s1. The second-order valence-electron chi connectivity index (χ2n) is 11.2. The molecule has 35 heavy (non-hydrogen) atoms. The van der Waals surface area contributed by atoms with Crippen molar-refractivity contribution in [2.75, 3.05) is 27.3 Å². The summed E-state index contributed by atoms with van der Waals surface area (Å²) in [5, 5.41) is 8.93. The van der Waals surface area contributed by atoms with Crippen molar-refractivity contribution in [1.82, 2.24) is 16.0 Å². The molecule has 2 saturated heterocycles. The number of alkyl carbamates (subject to hydrolysis) is 1. The molecule has 1 spiro atoms. The van der Waals surface area contributed by atoms with Crippen LogP contribution in [0.2, 0.25) is 0 Å². The molecule has 0 radical (unpaired) electrons. The molecule has 2 amide bonds. The number of methoxy groups -OCH3 is 1. The molecule has 2 aliphatic carbocycles. The van der Waals surface area contributed by atoms with Crippen molar-refractivity contribution in [3.05, 3.63) is 11.6 Å². The third kappa shape index (κ3) is 6.18. The molecule has 4 rings (SSSR count). The molecule has 2 heterocycles. The van der Waals surface area contributed by atoms with Crippen LogP contribution < -0.4 is 16.0 Å². The van der Waals surface area contributed by atoms with E-state index in [9.17, 15) is 9.59 Å². The fourth-order valence-electron chi connectivity index (χ4n) is 6.28. The summed E-state index contributed by atoms with van der Waals surface area (Å²) in [5.41, 5.74) is 0.665. The maximum atomic E-state index is 12.7. The first kappa shape index (κ1) is 26.4. The summed E-state index contributed by atoms with van der Waals surface area (Å²) in [4.78, 5) is 24.5. The Kier molecular flexibility index (Phi) is 8.10. The zero-order valence-electron chi connectivity index (χ0n) is 21.9. The second kappa shape index (κ2) is 10.7. The highest BCUT2D eigenvalue weighted by Gasteiger charge is 2.71. The molecule has 3 N–H and O–H groups in total. The lowest BCUT2D eigenvalue weighted by molar-refractivity contribution is -0.121. The summed E-state index contributed by atoms with van der Waals surface area (Å²) in [6.07, 6.45) is 7.20. The Hall–Kier alpha value is -1.68. The third-order valence-electron chi connectivity index (χ3n) is 8.19. The monoisotopic (exact) mass is 493 g/mol. The quantitative estimate of drug-likeness (QED) is 0.334. The van der Waals surface area contributed by atoms with E-state index in [2.05, 4.69) is 42.8 Å². The van der Waals surface area contributed by atoms with Gasteiger partial charge in [0.1, 0.15) is 17.3 Å². The van der Waals surface area contributed by atoms with Gasteiger partial charge in [-0.1, -0.05) is 11.6 Å². The Bertz CT molecular complexity index is 803. The van der Waals surface area contributed by atoms with Gasteiger partial charge in [0.25, 0.3) is 0 Å². The highest BCUT2D eigenvalue weighted by atomic mass is 16.6. The Labute approximate surface area is 209 Å². The van der Waals surface area contributed by atoms with Gasteiger partial charge in [-0.2, -0.15) is 0 Å². The first-order valence-electron chi connectivity index (χ1n) is 13.1. The number of hydrogen-bond acceptors (Lipinski definition) is 7. The van der Waals surface area contributed by atoms with Gasteiger partial charge in [0.15, 0.2) is 0 Å². The Morgan fingerprint density at radius 1 is 1.11 bits per heavy atom. The van der Waals surface area contributed by atoms with Crippen molar-refractivity contribution in [3.8, 4) is 0 Å². The number of carbonyl (C=O) groups is 2. The fourth-order valence-corrected chi connectivity index (χ4v) is 6.28. The number of likely N-dealkylation sites (N-methyl/N-ethyl adjacent to an activating group) is 1. The Morgan fingerprint density at radius 3 is 2.34 bits per heavy atom. The fraction of sp³-hybridized carbons (Fsp3) is 0.846. The van der Waals surface area contributed by atoms with Gasteiger partial charge in [0.2, 0.25) is 5.91 Å². The predicted molar refractivity (Wildman–Crippen MR) is 131 cm³/mol. The Morgan fingerprint density at radius 2 is 1.77 bits per heavy atom. The number of amides is 2. The van der Waals surface area contributed by atoms with Gasteiger partial charge >= 0.3 is 6.09 Å². The predicted octanol–water partition coefficient (Wildman–Crippen LogP) is 2.44. The topological polar surface area (TPSA) is 114 Å². The van der Waals surface area contributed by atoms with E-state index in [1.165, 1.54) is 5.57 Å². The zero-order valence-corrected chi connectivity index (χ0v) is 21.9. The molecule has 198 valence electrons. The van der Waals surface area contributed by atoms with Crippen LogP contribution in [0.1, 0.15) is 65.7 Å². The molecule has 3 unspecified atom stereocenters. The van der Waals surface area contributed by atoms with E-state index >= 15 is 0 Å². The number of nitrogens with one attached hydrogen (secondary N) is 3. The lowest BCUT2D eigenvalue weighted by atomic mass is 9.68. The van der Waals surface area contributed by atoms with E-state index in [-0.39, 0.29) is 59.5 Å². The summed E-state index contributed by atoms with van der Waals surface area (Å²) >= 11 is 0. The summed E-state index contributed by atoms with van der Waals surface area (Å²) < 4.78 is 24.0. The van der Waals surface area contributed by atoms with Crippen LogP contribution in [0, 0.1) is 5.92 Å². The largest absolute Gasteiger partial charge is 0.446 e. The maximum Gasteiger partial charge on any atom is 0.407 e. The molecular formula is C26H43N3O6. The van der Waals surface area contributed by atoms with Crippen molar-refractivity contribution in [2.24, 2.45) is 5.92 Å². The van der Waals surface area contributed by atoms with Crippen LogP contribution in [0.4, 0.5) is 4.79 Å². The van der Waals surface area contributed by atoms with Crippen LogP contribution in [0.25, 0.3) is 0 Å². The molecule has 2 saturated carbocycles. The molecule has 2 aliphatic heterocycles. The van der Waals surface area contributed by atoms with E-state index in [0.29, 0.717) is 26.0 Å². The highest BCUT2D eigenvalue weighted by molar-refractivity contribution is 5.78. The molecular weight excluding hydrogens is 450 g/mol. The average molecular weight is 494 g/mol. The van der Waals surface area contributed by atoms with Gasteiger partial charge in [0, 0.05) is 38.0 Å². The normalized spacial score (nSPS) is 40.0. The SMILES string of the molecule is CNCC(=O)N[C@H]1CC[C@H](NC(=O)OC2CC(OC)C([C@@]3(C)O[C@@H]3CC=C(C)C)[C@@]3(CO3)C2)CC1. The summed E-state index contributed by atoms with van der Waals surface area (Å²) in [6.45, 7) is 7.34. The van der Waals surface area contributed by atoms with Crippen molar-refractivity contribution in [1.29, 1.82) is 0 Å². The lowest BCUT2D eigenvalue weighted by Crippen LogP contribution is -2.53. The summed E-state index contributed by atoms with van der Waals surface area (Å²) in [7, 11) is 3.48. The van der Waals surface area contributed by atoms with E-state index < -0.39 is 0 Å². The van der Waals surface area contributed by atoms with E-state index in [4.69, 9.17) is 18.9 Å². The van der Waals surface area contributed by atoms with Gasteiger partial charge in [-0.3, -0.25) is 4.79 Å². The minimum absolute atomic E-state index is 0.0107. The zero-order chi connectivity index (χ0) is 25.2. The van der Waals surface area contributed by atoms with Crippen LogP contribution in [0.15, 0.2) is 11.6 Å². The number of epoxide rings is 2. The van der Waals surface area contributed by atoms with Crippen molar-refractivity contribution in [3.63, 3.8) is 0 Å². The van der Waals surface area contributed by atoms with Crippen LogP contribution in [0.3, 0.4) is 0 Å². The van der Waals surface area contributed by atoms with E-state index in [1.807, 2.05) is 0 Å². The number of allylic oxidation sites excluding steroid dienone is 1. The molecule has 4 aliphatic rings. The third-order valence-corrected chi connectivity index (χ3v) is 8.19. The van der Waals surface area contributed by atoms with Crippen molar-refractivity contribution >= 4 is 12.0 Å². The van der Waals surface area contributed by atoms with Gasteiger partial charge in [-0.25, -0.2) is 4.79 Å². The molecule has 9 heteroatoms. The van der Waals surface area contributed by atoms with Crippen molar-refractivity contribution in [2.45, 2.75) is 107 Å². The molecule has 0 aromatic carbocycles. The number of rotatable bonds is 9. The van der Waals surface area contributed by atoms with Gasteiger partial charge in [0.05, 0.1) is 25.4 Å². The highest BCUT2D eigenvalue weighted by Crippen LogP contribution is 2.59. The average Bonchev–Trinajstić information content (AvgIpc) is 3.70. The first-order valence-corrected chi connectivity index (χ1v) is 13.1. The van der Waals surface area contributed by atoms with Gasteiger partial charge in [-0.15, -0.1) is 0 Å². The molecule has 0 aromatic heterocycles. The van der Waals surface area contributed by atoms with Crippen LogP contribution in [-0.4, -0.2) is 80.9 Å². The summed E-state index contributed by atoms with van der Waals surface area (Å²) in [5.74, 6) is 0.128. The van der Waals surface area contributed by atoms with Crippen LogP contribution >= 0.6 is 0 Å². The molecule has 0 bridgehead atoms. The Balaban J connectivity index is 1.26. The number of hydrogen-bond donors (Lipinski definition) is 3. The molecule has 6 atom stereocenters. The molecule has 0 aromatic rings. The summed E-state index contributed by atoms with van der Waals surface area (Å²) in [6, 6.07) is 0.233. The van der Waals surface area contributed by atoms with Gasteiger partial charge < -0.3 is 34.9 Å². The second-order valence-corrected chi connectivity index (χ2v) is 11.2. The minimum Gasteiger partial charge on any atom is -0.446 e. The maximum absolute atomic E-state index is 12.7. The minimum atomic E-state index is -0.378. The van der Waals surface area contributed by atoms with Gasteiger partial charge in [-0.05, 0) is 59.9 Å². The van der Waals surface area contributed by atoms with Crippen LogP contribution in [-0.2, 0) is 23.7 Å². The first-order chi connectivity index (χ1) is 16.7. The van der Waals surface area contributed by atoms with E-state index in [1.54, 1.807) is 14.2 Å². The molecule has 4 fully saturated rings. The van der Waals surface area contributed by atoms with Crippen LogP contribution in [0.5, 0.6) is 0 Å². The smallest absolute Gasteiger partial charge is 0.407 e. The number of ether oxygens (including phenoxy) is 4. The van der Waals surface area contributed by atoms with Crippen molar-refractivity contribution < 1.29 is 28.5 Å².